The van der Waals surface area contributed by atoms with E-state index in [4.69, 9.17) is 0 Å². The Hall–Kier alpha value is -0.380. The maximum Gasteiger partial charge on any atom is 0.0278 e. The van der Waals surface area contributed by atoms with Gasteiger partial charge in [-0.15, -0.1) is 11.3 Å². The fourth-order valence-corrected chi connectivity index (χ4v) is 3.09. The Kier molecular flexibility index (Phi) is 4.00. The van der Waals surface area contributed by atoms with Gasteiger partial charge in [0.25, 0.3) is 0 Å². The molecule has 0 unspecified atom stereocenters. The first kappa shape index (κ1) is 12.1. The molecule has 16 heavy (non-hydrogen) atoms. The Labute approximate surface area is 103 Å². The summed E-state index contributed by atoms with van der Waals surface area (Å²) >= 11 is 1.88. The first-order chi connectivity index (χ1) is 7.68. The van der Waals surface area contributed by atoms with Crippen LogP contribution < -0.4 is 5.32 Å². The van der Waals surface area contributed by atoms with Crippen molar-refractivity contribution in [1.29, 1.82) is 0 Å². The normalized spacial score (nSPS) is 21.1. The maximum atomic E-state index is 3.47. The van der Waals surface area contributed by atoms with E-state index in [-0.39, 0.29) is 0 Å². The molecule has 0 spiro atoms. The zero-order valence-corrected chi connectivity index (χ0v) is 11.1. The highest BCUT2D eigenvalue weighted by Crippen LogP contribution is 2.18. The molecule has 1 aromatic heterocycles. The summed E-state index contributed by atoms with van der Waals surface area (Å²) in [6.07, 6.45) is 2.52. The predicted octanol–water partition coefficient (Wildman–Crippen LogP) is 2.36. The number of thiophene rings is 1. The number of hydrogen-bond acceptors (Lipinski definition) is 3. The van der Waals surface area contributed by atoms with Crippen LogP contribution in [0.2, 0.25) is 0 Å². The van der Waals surface area contributed by atoms with Gasteiger partial charge in [0.1, 0.15) is 0 Å². The monoisotopic (exact) mass is 238 g/mol. The topological polar surface area (TPSA) is 15.3 Å². The van der Waals surface area contributed by atoms with Gasteiger partial charge in [0.05, 0.1) is 0 Å². The molecule has 2 heterocycles. The number of aryl methyl sites for hydroxylation is 1. The minimum Gasteiger partial charge on any atom is -0.314 e. The van der Waals surface area contributed by atoms with Crippen LogP contribution in [0.1, 0.15) is 25.1 Å². The molecule has 0 bridgehead atoms. The largest absolute Gasteiger partial charge is 0.314 e. The summed E-state index contributed by atoms with van der Waals surface area (Å²) in [5.41, 5.74) is 0.327. The second kappa shape index (κ2) is 5.30. The van der Waals surface area contributed by atoms with Crippen LogP contribution in [0.3, 0.4) is 0 Å². The average Bonchev–Trinajstić information content (AvgIpc) is 2.73. The van der Waals surface area contributed by atoms with Crippen LogP contribution >= 0.6 is 11.3 Å². The van der Waals surface area contributed by atoms with Gasteiger partial charge in [0, 0.05) is 30.1 Å². The van der Waals surface area contributed by atoms with E-state index in [1.165, 1.54) is 30.8 Å². The lowest BCUT2D eigenvalue weighted by Gasteiger charge is -2.42. The minimum atomic E-state index is 0.327. The van der Waals surface area contributed by atoms with Crippen LogP contribution in [-0.2, 0) is 6.42 Å². The first-order valence-electron chi connectivity index (χ1n) is 6.17. The molecule has 1 aliphatic heterocycles. The second-order valence-electron chi connectivity index (χ2n) is 5.16. The lowest BCUT2D eigenvalue weighted by molar-refractivity contribution is 0.0896. The number of nitrogens with one attached hydrogen (secondary N) is 1. The number of nitrogens with zero attached hydrogens (tertiary/aromatic N) is 1. The lowest BCUT2D eigenvalue weighted by Crippen LogP contribution is -2.58. The van der Waals surface area contributed by atoms with E-state index in [0.717, 1.165) is 13.1 Å². The Morgan fingerprint density at radius 1 is 1.50 bits per heavy atom. The van der Waals surface area contributed by atoms with Gasteiger partial charge in [-0.1, -0.05) is 6.07 Å². The first-order valence-corrected chi connectivity index (χ1v) is 7.05. The molecule has 0 saturated carbocycles. The molecule has 1 saturated heterocycles. The molecule has 1 N–H and O–H groups in total. The smallest absolute Gasteiger partial charge is 0.0278 e. The quantitative estimate of drug-likeness (QED) is 0.866. The van der Waals surface area contributed by atoms with Gasteiger partial charge in [-0.2, -0.15) is 0 Å². The van der Waals surface area contributed by atoms with Gasteiger partial charge in [0.15, 0.2) is 0 Å². The third-order valence-electron chi connectivity index (χ3n) is 3.40. The molecule has 0 amide bonds. The van der Waals surface area contributed by atoms with Crippen molar-refractivity contribution in [3.8, 4) is 0 Å². The number of piperazine rings is 1. The van der Waals surface area contributed by atoms with Gasteiger partial charge in [-0.05, 0) is 44.7 Å². The van der Waals surface area contributed by atoms with E-state index in [1.54, 1.807) is 0 Å². The highest BCUT2D eigenvalue weighted by Gasteiger charge is 2.28. The summed E-state index contributed by atoms with van der Waals surface area (Å²) in [7, 11) is 0. The van der Waals surface area contributed by atoms with Crippen LogP contribution in [0.15, 0.2) is 17.5 Å². The van der Waals surface area contributed by atoms with Crippen molar-refractivity contribution >= 4 is 11.3 Å². The second-order valence-corrected chi connectivity index (χ2v) is 6.19. The van der Waals surface area contributed by atoms with E-state index in [0.29, 0.717) is 5.54 Å². The SMILES string of the molecule is CC1(C)CNCCN1CCCc1cccs1. The van der Waals surface area contributed by atoms with Gasteiger partial charge >= 0.3 is 0 Å². The molecular weight excluding hydrogens is 216 g/mol. The predicted molar refractivity (Wildman–Crippen MR) is 71.2 cm³/mol. The Morgan fingerprint density at radius 2 is 2.38 bits per heavy atom. The van der Waals surface area contributed by atoms with Crippen molar-refractivity contribution in [3.05, 3.63) is 22.4 Å². The minimum absolute atomic E-state index is 0.327. The summed E-state index contributed by atoms with van der Waals surface area (Å²) in [5, 5.41) is 5.64. The number of hydrogen-bond donors (Lipinski definition) is 1. The Bertz CT molecular complexity index is 306. The third kappa shape index (κ3) is 3.06. The summed E-state index contributed by atoms with van der Waals surface area (Å²) in [4.78, 5) is 4.14. The van der Waals surface area contributed by atoms with Crippen molar-refractivity contribution in [2.24, 2.45) is 0 Å². The molecule has 0 aromatic carbocycles. The van der Waals surface area contributed by atoms with Gasteiger partial charge in [-0.3, -0.25) is 4.90 Å². The highest BCUT2D eigenvalue weighted by molar-refractivity contribution is 7.09. The van der Waals surface area contributed by atoms with Crippen molar-refractivity contribution in [1.82, 2.24) is 10.2 Å². The molecule has 0 aliphatic carbocycles. The summed E-state index contributed by atoms with van der Waals surface area (Å²) in [6.45, 7) is 9.35. The lowest BCUT2D eigenvalue weighted by atomic mass is 10.00. The van der Waals surface area contributed by atoms with Crippen LogP contribution in [0.5, 0.6) is 0 Å². The molecule has 90 valence electrons. The molecule has 2 rings (SSSR count). The maximum absolute atomic E-state index is 3.47. The third-order valence-corrected chi connectivity index (χ3v) is 4.34. The van der Waals surface area contributed by atoms with E-state index in [2.05, 4.69) is 41.6 Å². The molecule has 0 radical (unpaired) electrons. The summed E-state index contributed by atoms with van der Waals surface area (Å²) < 4.78 is 0. The molecule has 2 nitrogen and oxygen atoms in total. The Balaban J connectivity index is 1.76. The van der Waals surface area contributed by atoms with Crippen molar-refractivity contribution < 1.29 is 0 Å². The zero-order chi connectivity index (χ0) is 11.4. The van der Waals surface area contributed by atoms with Crippen LogP contribution in [-0.4, -0.2) is 36.6 Å². The summed E-state index contributed by atoms with van der Waals surface area (Å²) in [5.74, 6) is 0. The number of rotatable bonds is 4. The van der Waals surface area contributed by atoms with Crippen LogP contribution in [0.25, 0.3) is 0 Å². The van der Waals surface area contributed by atoms with Crippen molar-refractivity contribution in [2.45, 2.75) is 32.2 Å². The van der Waals surface area contributed by atoms with Gasteiger partial charge in [0.2, 0.25) is 0 Å². The van der Waals surface area contributed by atoms with E-state index >= 15 is 0 Å². The van der Waals surface area contributed by atoms with Gasteiger partial charge < -0.3 is 5.32 Å². The van der Waals surface area contributed by atoms with Crippen LogP contribution in [0.4, 0.5) is 0 Å². The van der Waals surface area contributed by atoms with Gasteiger partial charge in [-0.25, -0.2) is 0 Å². The van der Waals surface area contributed by atoms with Crippen molar-refractivity contribution in [2.75, 3.05) is 26.2 Å². The van der Waals surface area contributed by atoms with E-state index in [1.807, 2.05) is 11.3 Å². The Morgan fingerprint density at radius 3 is 3.06 bits per heavy atom. The van der Waals surface area contributed by atoms with Crippen LogP contribution in [0, 0.1) is 0 Å². The zero-order valence-electron chi connectivity index (χ0n) is 10.3. The summed E-state index contributed by atoms with van der Waals surface area (Å²) in [6, 6.07) is 4.39. The molecule has 0 atom stereocenters. The molecular formula is C13H22N2S. The molecule has 3 heteroatoms. The standard InChI is InChI=1S/C13H22N2S/c1-13(2)11-14-7-9-15(13)8-3-5-12-6-4-10-16-12/h4,6,10,14H,3,5,7-9,11H2,1-2H3. The fraction of sp³-hybridized carbons (Fsp3) is 0.692. The van der Waals surface area contributed by atoms with E-state index in [9.17, 15) is 0 Å². The van der Waals surface area contributed by atoms with E-state index < -0.39 is 0 Å². The highest BCUT2D eigenvalue weighted by atomic mass is 32.1. The average molecular weight is 238 g/mol. The molecule has 1 aliphatic rings. The molecule has 1 aromatic rings. The fourth-order valence-electron chi connectivity index (χ4n) is 2.34. The molecule has 1 fully saturated rings. The van der Waals surface area contributed by atoms with Crippen molar-refractivity contribution in [3.63, 3.8) is 0 Å².